The summed E-state index contributed by atoms with van der Waals surface area (Å²) in [4.78, 5) is 3.74. The van der Waals surface area contributed by atoms with E-state index in [1.165, 1.54) is 24.4 Å². The van der Waals surface area contributed by atoms with Gasteiger partial charge in [0.2, 0.25) is 0 Å². The number of hydrogen-bond donors (Lipinski definition) is 1. The number of anilines is 1. The second-order valence-corrected chi connectivity index (χ2v) is 6.57. The van der Waals surface area contributed by atoms with Gasteiger partial charge in [0, 0.05) is 0 Å². The Hall–Kier alpha value is -1.62. The van der Waals surface area contributed by atoms with Crippen molar-refractivity contribution in [2.45, 2.75) is 4.90 Å². The van der Waals surface area contributed by atoms with Gasteiger partial charge in [-0.05, 0) is 34.1 Å². The Kier molecular flexibility index (Phi) is 4.28. The van der Waals surface area contributed by atoms with Gasteiger partial charge in [-0.25, -0.2) is 13.4 Å². The minimum Gasteiger partial charge on any atom is -0.278 e. The molecule has 0 spiro atoms. The molecule has 20 heavy (non-hydrogen) atoms. The topological polar surface area (TPSA) is 82.8 Å². The fourth-order valence-electron chi connectivity index (χ4n) is 1.48. The molecule has 0 bridgehead atoms. The number of pyridine rings is 1. The van der Waals surface area contributed by atoms with Crippen LogP contribution in [-0.4, -0.2) is 13.4 Å². The lowest BCUT2D eigenvalue weighted by Gasteiger charge is -2.09. The number of halogens is 2. The second kappa shape index (κ2) is 5.79. The molecule has 0 saturated heterocycles. The average Bonchev–Trinajstić information content (AvgIpc) is 2.42. The first-order chi connectivity index (χ1) is 9.44. The van der Waals surface area contributed by atoms with Crippen LogP contribution in [0.2, 0.25) is 5.15 Å². The summed E-state index contributed by atoms with van der Waals surface area (Å²) < 4.78 is 27.3. The van der Waals surface area contributed by atoms with Gasteiger partial charge in [-0.15, -0.1) is 0 Å². The Balaban J connectivity index is 2.41. The molecule has 0 aliphatic heterocycles. The highest BCUT2D eigenvalue weighted by atomic mass is 79.9. The van der Waals surface area contributed by atoms with Gasteiger partial charge < -0.3 is 0 Å². The van der Waals surface area contributed by atoms with E-state index in [0.29, 0.717) is 4.47 Å². The number of rotatable bonds is 3. The van der Waals surface area contributed by atoms with Gasteiger partial charge in [0.25, 0.3) is 10.0 Å². The maximum absolute atomic E-state index is 12.2. The van der Waals surface area contributed by atoms with Gasteiger partial charge in [-0.2, -0.15) is 5.26 Å². The van der Waals surface area contributed by atoms with Gasteiger partial charge in [-0.3, -0.25) is 4.72 Å². The molecule has 102 valence electrons. The molecule has 0 radical (unpaired) electrons. The standard InChI is InChI=1S/C12H7BrClN3O2S/c13-10-5-9(7-16-12(10)14)17-20(18,19)11-4-2-1-3-8(11)6-15/h1-5,7,17H. The number of hydrogen-bond acceptors (Lipinski definition) is 4. The number of nitrogens with zero attached hydrogens (tertiary/aromatic N) is 2. The zero-order chi connectivity index (χ0) is 14.8. The van der Waals surface area contributed by atoms with Gasteiger partial charge in [0.1, 0.15) is 16.1 Å². The number of benzene rings is 1. The third kappa shape index (κ3) is 3.10. The van der Waals surface area contributed by atoms with Gasteiger partial charge in [-0.1, -0.05) is 23.7 Å². The summed E-state index contributed by atoms with van der Waals surface area (Å²) in [5.74, 6) is 0. The number of aromatic nitrogens is 1. The van der Waals surface area contributed by atoms with Crippen molar-refractivity contribution in [2.24, 2.45) is 0 Å². The van der Waals surface area contributed by atoms with Crippen molar-refractivity contribution >= 4 is 43.2 Å². The first kappa shape index (κ1) is 14.8. The lowest BCUT2D eigenvalue weighted by atomic mass is 10.2. The highest BCUT2D eigenvalue weighted by Gasteiger charge is 2.18. The largest absolute Gasteiger partial charge is 0.278 e. The summed E-state index contributed by atoms with van der Waals surface area (Å²) in [6.07, 6.45) is 1.29. The van der Waals surface area contributed by atoms with Crippen LogP contribution in [0, 0.1) is 11.3 Å². The highest BCUT2D eigenvalue weighted by molar-refractivity contribution is 9.10. The maximum atomic E-state index is 12.2. The molecule has 0 saturated carbocycles. The molecule has 0 atom stereocenters. The van der Waals surface area contributed by atoms with E-state index in [1.54, 1.807) is 12.1 Å². The smallest absolute Gasteiger partial charge is 0.263 e. The summed E-state index contributed by atoms with van der Waals surface area (Å²) in [6.45, 7) is 0. The third-order valence-electron chi connectivity index (χ3n) is 2.35. The Morgan fingerprint density at radius 1 is 1.35 bits per heavy atom. The van der Waals surface area contributed by atoms with E-state index in [0.717, 1.165) is 0 Å². The molecule has 1 aromatic carbocycles. The molecule has 2 aromatic rings. The summed E-state index contributed by atoms with van der Waals surface area (Å²) in [5, 5.41) is 9.18. The summed E-state index contributed by atoms with van der Waals surface area (Å²) in [5.41, 5.74) is 0.315. The Morgan fingerprint density at radius 2 is 2.05 bits per heavy atom. The predicted octanol–water partition coefficient (Wildman–Crippen LogP) is 3.17. The lowest BCUT2D eigenvalue weighted by Crippen LogP contribution is -2.14. The van der Waals surface area contributed by atoms with Crippen molar-refractivity contribution in [1.29, 1.82) is 5.26 Å². The molecule has 0 aliphatic rings. The molecule has 0 fully saturated rings. The van der Waals surface area contributed by atoms with Crippen LogP contribution < -0.4 is 4.72 Å². The molecule has 5 nitrogen and oxygen atoms in total. The minimum absolute atomic E-state index is 0.0704. The Morgan fingerprint density at radius 3 is 2.70 bits per heavy atom. The normalized spacial score (nSPS) is 10.8. The Labute approximate surface area is 129 Å². The summed E-state index contributed by atoms with van der Waals surface area (Å²) in [6, 6.07) is 9.27. The molecule has 1 N–H and O–H groups in total. The first-order valence-electron chi connectivity index (χ1n) is 5.27. The van der Waals surface area contributed by atoms with Crippen LogP contribution >= 0.6 is 27.5 Å². The lowest BCUT2D eigenvalue weighted by molar-refractivity contribution is 0.601. The zero-order valence-corrected chi connectivity index (χ0v) is 13.0. The molecule has 0 aliphatic carbocycles. The SMILES string of the molecule is N#Cc1ccccc1S(=O)(=O)Nc1cnc(Cl)c(Br)c1. The molecule has 0 unspecified atom stereocenters. The average molecular weight is 373 g/mol. The van der Waals surface area contributed by atoms with Crippen molar-refractivity contribution < 1.29 is 8.42 Å². The first-order valence-corrected chi connectivity index (χ1v) is 7.92. The monoisotopic (exact) mass is 371 g/mol. The number of nitrogens with one attached hydrogen (secondary N) is 1. The van der Waals surface area contributed by atoms with Gasteiger partial charge in [0.15, 0.2) is 0 Å². The van der Waals surface area contributed by atoms with Crippen LogP contribution in [0.4, 0.5) is 5.69 Å². The molecule has 1 aromatic heterocycles. The van der Waals surface area contributed by atoms with E-state index >= 15 is 0 Å². The van der Waals surface area contributed by atoms with Gasteiger partial charge >= 0.3 is 0 Å². The van der Waals surface area contributed by atoms with Crippen LogP contribution in [0.15, 0.2) is 45.9 Å². The predicted molar refractivity (Wildman–Crippen MR) is 78.9 cm³/mol. The quantitative estimate of drug-likeness (QED) is 0.839. The van der Waals surface area contributed by atoms with E-state index in [2.05, 4.69) is 25.6 Å². The number of sulfonamides is 1. The summed E-state index contributed by atoms with van der Waals surface area (Å²) in [7, 11) is -3.86. The number of nitriles is 1. The fraction of sp³-hybridized carbons (Fsp3) is 0. The van der Waals surface area contributed by atoms with Crippen LogP contribution in [0.1, 0.15) is 5.56 Å². The molecule has 1 heterocycles. The fourth-order valence-corrected chi connectivity index (χ4v) is 3.13. The molecule has 0 amide bonds. The van der Waals surface area contributed by atoms with E-state index in [9.17, 15) is 8.42 Å². The molecular weight excluding hydrogens is 366 g/mol. The Bertz CT molecular complexity index is 803. The second-order valence-electron chi connectivity index (χ2n) is 3.71. The van der Waals surface area contributed by atoms with Crippen LogP contribution in [0.3, 0.4) is 0 Å². The van der Waals surface area contributed by atoms with Gasteiger partial charge in [0.05, 0.1) is 21.9 Å². The molecular formula is C12H7BrClN3O2S. The molecule has 2 rings (SSSR count). The van der Waals surface area contributed by atoms with E-state index < -0.39 is 10.0 Å². The van der Waals surface area contributed by atoms with E-state index in [4.69, 9.17) is 16.9 Å². The minimum atomic E-state index is -3.86. The van der Waals surface area contributed by atoms with Crippen LogP contribution in [0.5, 0.6) is 0 Å². The summed E-state index contributed by atoms with van der Waals surface area (Å²) >= 11 is 8.89. The maximum Gasteiger partial charge on any atom is 0.263 e. The van der Waals surface area contributed by atoms with Crippen molar-refractivity contribution in [3.05, 3.63) is 51.7 Å². The van der Waals surface area contributed by atoms with E-state index in [1.807, 2.05) is 6.07 Å². The van der Waals surface area contributed by atoms with Crippen molar-refractivity contribution in [3.63, 3.8) is 0 Å². The van der Waals surface area contributed by atoms with Crippen molar-refractivity contribution in [2.75, 3.05) is 4.72 Å². The van der Waals surface area contributed by atoms with E-state index in [-0.39, 0.29) is 21.3 Å². The zero-order valence-electron chi connectivity index (χ0n) is 9.84. The van der Waals surface area contributed by atoms with Crippen LogP contribution in [0.25, 0.3) is 0 Å². The highest BCUT2D eigenvalue weighted by Crippen LogP contribution is 2.25. The van der Waals surface area contributed by atoms with Crippen LogP contribution in [-0.2, 0) is 10.0 Å². The van der Waals surface area contributed by atoms with Crippen molar-refractivity contribution in [1.82, 2.24) is 4.98 Å². The molecule has 8 heteroatoms. The van der Waals surface area contributed by atoms with Crippen molar-refractivity contribution in [3.8, 4) is 6.07 Å². The third-order valence-corrected chi connectivity index (χ3v) is 4.92.